The molecule has 0 aromatic carbocycles. The van der Waals surface area contributed by atoms with E-state index in [1.807, 2.05) is 16.8 Å². The summed E-state index contributed by atoms with van der Waals surface area (Å²) in [5.74, 6) is 1.00. The number of aromatic nitrogens is 3. The highest BCUT2D eigenvalue weighted by Gasteiger charge is 2.39. The zero-order chi connectivity index (χ0) is 13.3. The summed E-state index contributed by atoms with van der Waals surface area (Å²) in [6.45, 7) is 7.67. The van der Waals surface area contributed by atoms with Gasteiger partial charge in [0.2, 0.25) is 5.91 Å². The Bertz CT molecular complexity index is 409. The van der Waals surface area contributed by atoms with E-state index in [1.165, 1.54) is 6.33 Å². The van der Waals surface area contributed by atoms with Crippen molar-refractivity contribution in [3.8, 4) is 0 Å². The molecule has 1 aromatic heterocycles. The van der Waals surface area contributed by atoms with E-state index in [9.17, 15) is 4.79 Å². The largest absolute Gasteiger partial charge is 0.336 e. The average Bonchev–Trinajstić information content (AvgIpc) is 2.85. The number of carbonyl (C=O) groups is 1. The van der Waals surface area contributed by atoms with Gasteiger partial charge < -0.3 is 4.90 Å². The lowest BCUT2D eigenvalue weighted by Gasteiger charge is -2.32. The summed E-state index contributed by atoms with van der Waals surface area (Å²) in [5, 5.41) is 6.64. The lowest BCUT2D eigenvalue weighted by Crippen LogP contribution is -2.46. The maximum absolute atomic E-state index is 12.4. The number of likely N-dealkylation sites (N-methyl/N-ethyl adjacent to an activating group) is 1. The van der Waals surface area contributed by atoms with Crippen LogP contribution in [0.3, 0.4) is 0 Å². The average molecular weight is 251 g/mol. The van der Waals surface area contributed by atoms with Crippen LogP contribution in [0.5, 0.6) is 0 Å². The maximum Gasteiger partial charge on any atom is 0.240 e. The first kappa shape index (κ1) is 13.0. The van der Waals surface area contributed by atoms with E-state index in [-0.39, 0.29) is 17.5 Å². The van der Waals surface area contributed by atoms with Crippen LogP contribution in [0.1, 0.15) is 33.0 Å². The van der Waals surface area contributed by atoms with E-state index in [0.717, 1.165) is 18.8 Å². The Balaban J connectivity index is 2.00. The first-order valence-corrected chi connectivity index (χ1v) is 6.25. The quantitative estimate of drug-likeness (QED) is 0.856. The van der Waals surface area contributed by atoms with E-state index >= 15 is 0 Å². The van der Waals surface area contributed by atoms with Crippen LogP contribution in [0.15, 0.2) is 6.33 Å². The second-order valence-electron chi connectivity index (χ2n) is 5.81. The van der Waals surface area contributed by atoms with Gasteiger partial charge in [0.1, 0.15) is 12.2 Å². The number of aromatic amines is 1. The van der Waals surface area contributed by atoms with Crippen molar-refractivity contribution in [2.75, 3.05) is 13.6 Å². The minimum absolute atomic E-state index is 0.0469. The highest BCUT2D eigenvalue weighted by atomic mass is 16.2. The van der Waals surface area contributed by atoms with Crippen molar-refractivity contribution in [2.24, 2.45) is 0 Å². The number of nitrogens with one attached hydrogen (secondary N) is 1. The summed E-state index contributed by atoms with van der Waals surface area (Å²) in [6, 6.07) is -0.0469. The van der Waals surface area contributed by atoms with Gasteiger partial charge in [0.15, 0.2) is 0 Å². The molecule has 1 aliphatic heterocycles. The summed E-state index contributed by atoms with van der Waals surface area (Å²) in [6.07, 6.45) is 2.36. The molecule has 6 heteroatoms. The van der Waals surface area contributed by atoms with Crippen molar-refractivity contribution in [3.63, 3.8) is 0 Å². The van der Waals surface area contributed by atoms with Gasteiger partial charge in [-0.3, -0.25) is 14.8 Å². The van der Waals surface area contributed by atoms with Crippen molar-refractivity contribution < 1.29 is 4.79 Å². The molecule has 0 bridgehead atoms. The van der Waals surface area contributed by atoms with Crippen LogP contribution >= 0.6 is 0 Å². The maximum atomic E-state index is 12.4. The molecule has 2 rings (SSSR count). The molecule has 1 fully saturated rings. The smallest absolute Gasteiger partial charge is 0.240 e. The molecule has 1 aliphatic rings. The van der Waals surface area contributed by atoms with Gasteiger partial charge in [0.25, 0.3) is 0 Å². The van der Waals surface area contributed by atoms with E-state index in [2.05, 4.69) is 36.0 Å². The topological polar surface area (TPSA) is 65.1 Å². The Hall–Kier alpha value is -1.43. The second-order valence-corrected chi connectivity index (χ2v) is 5.81. The molecule has 0 saturated carbocycles. The Labute approximate surface area is 107 Å². The second kappa shape index (κ2) is 4.68. The predicted octanol–water partition coefficient (Wildman–Crippen LogP) is 0.636. The highest BCUT2D eigenvalue weighted by Crippen LogP contribution is 2.24. The highest BCUT2D eigenvalue weighted by molar-refractivity contribution is 5.84. The lowest BCUT2D eigenvalue weighted by atomic mass is 10.1. The number of hydrogen-bond donors (Lipinski definition) is 1. The molecule has 100 valence electrons. The van der Waals surface area contributed by atoms with Crippen LogP contribution in [0, 0.1) is 0 Å². The Morgan fingerprint density at radius 3 is 2.78 bits per heavy atom. The molecule has 0 radical (unpaired) electrons. The number of hydrogen-bond acceptors (Lipinski definition) is 4. The number of rotatable bonds is 3. The van der Waals surface area contributed by atoms with Crippen LogP contribution in [0.2, 0.25) is 0 Å². The van der Waals surface area contributed by atoms with Gasteiger partial charge in [-0.1, -0.05) is 0 Å². The van der Waals surface area contributed by atoms with Crippen molar-refractivity contribution in [1.29, 1.82) is 0 Å². The number of amides is 1. The summed E-state index contributed by atoms with van der Waals surface area (Å²) in [5.41, 5.74) is -0.0983. The van der Waals surface area contributed by atoms with Crippen molar-refractivity contribution in [2.45, 2.75) is 45.3 Å². The van der Waals surface area contributed by atoms with Crippen molar-refractivity contribution in [1.82, 2.24) is 25.0 Å². The molecule has 0 aliphatic carbocycles. The van der Waals surface area contributed by atoms with Gasteiger partial charge >= 0.3 is 0 Å². The molecule has 1 aromatic rings. The van der Waals surface area contributed by atoms with E-state index in [4.69, 9.17) is 0 Å². The number of nitrogens with zero attached hydrogens (tertiary/aromatic N) is 4. The molecule has 0 spiro atoms. The molecule has 18 heavy (non-hydrogen) atoms. The van der Waals surface area contributed by atoms with Gasteiger partial charge in [-0.25, -0.2) is 4.98 Å². The Morgan fingerprint density at radius 1 is 1.56 bits per heavy atom. The molecule has 1 unspecified atom stereocenters. The Morgan fingerprint density at radius 2 is 2.28 bits per heavy atom. The van der Waals surface area contributed by atoms with Crippen LogP contribution < -0.4 is 0 Å². The molecular weight excluding hydrogens is 230 g/mol. The Kier molecular flexibility index (Phi) is 3.38. The van der Waals surface area contributed by atoms with Crippen LogP contribution in [-0.2, 0) is 11.3 Å². The zero-order valence-corrected chi connectivity index (χ0v) is 11.5. The molecule has 1 saturated heterocycles. The van der Waals surface area contributed by atoms with Crippen LogP contribution in [-0.4, -0.2) is 56.1 Å². The van der Waals surface area contributed by atoms with Gasteiger partial charge in [-0.15, -0.1) is 0 Å². The molecule has 1 amide bonds. The van der Waals surface area contributed by atoms with E-state index in [0.29, 0.717) is 6.54 Å². The zero-order valence-electron chi connectivity index (χ0n) is 11.5. The minimum Gasteiger partial charge on any atom is -0.336 e. The lowest BCUT2D eigenvalue weighted by molar-refractivity contribution is -0.135. The van der Waals surface area contributed by atoms with Crippen LogP contribution in [0.4, 0.5) is 0 Å². The van der Waals surface area contributed by atoms with Crippen molar-refractivity contribution in [3.05, 3.63) is 12.2 Å². The third-order valence-corrected chi connectivity index (χ3v) is 3.38. The third-order valence-electron chi connectivity index (χ3n) is 3.38. The van der Waals surface area contributed by atoms with Gasteiger partial charge in [0.05, 0.1) is 12.6 Å². The van der Waals surface area contributed by atoms with Gasteiger partial charge in [-0.2, -0.15) is 5.10 Å². The molecule has 6 nitrogen and oxygen atoms in total. The SMILES string of the molecule is CN(Cc1ncn[nH]1)C1CCN(C(C)(C)C)C1=O. The molecule has 1 N–H and O–H groups in total. The van der Waals surface area contributed by atoms with Gasteiger partial charge in [-0.05, 0) is 34.2 Å². The standard InChI is InChI=1S/C12H21N5O/c1-12(2,3)17-6-5-9(11(17)18)16(4)7-10-13-8-14-15-10/h8-9H,5-7H2,1-4H3,(H,13,14,15). The normalized spacial score (nSPS) is 21.1. The monoisotopic (exact) mass is 251 g/mol. The first-order chi connectivity index (χ1) is 8.39. The van der Waals surface area contributed by atoms with Gasteiger partial charge in [0, 0.05) is 12.1 Å². The summed E-state index contributed by atoms with van der Waals surface area (Å²) in [7, 11) is 1.96. The summed E-state index contributed by atoms with van der Waals surface area (Å²) in [4.78, 5) is 20.4. The fourth-order valence-corrected chi connectivity index (χ4v) is 2.39. The molecule has 1 atom stereocenters. The number of carbonyl (C=O) groups excluding carboxylic acids is 1. The molecule has 2 heterocycles. The van der Waals surface area contributed by atoms with Crippen molar-refractivity contribution >= 4 is 5.91 Å². The van der Waals surface area contributed by atoms with E-state index in [1.54, 1.807) is 0 Å². The summed E-state index contributed by atoms with van der Waals surface area (Å²) >= 11 is 0. The van der Waals surface area contributed by atoms with Crippen LogP contribution in [0.25, 0.3) is 0 Å². The fourth-order valence-electron chi connectivity index (χ4n) is 2.39. The third kappa shape index (κ3) is 2.53. The first-order valence-electron chi connectivity index (χ1n) is 6.25. The number of H-pyrrole nitrogens is 1. The number of likely N-dealkylation sites (tertiary alicyclic amines) is 1. The fraction of sp³-hybridized carbons (Fsp3) is 0.750. The molecular formula is C12H21N5O. The van der Waals surface area contributed by atoms with E-state index < -0.39 is 0 Å². The summed E-state index contributed by atoms with van der Waals surface area (Å²) < 4.78 is 0. The minimum atomic E-state index is -0.0983. The predicted molar refractivity (Wildman–Crippen MR) is 67.7 cm³/mol.